The third kappa shape index (κ3) is 2.19. The van der Waals surface area contributed by atoms with Crippen LogP contribution in [-0.2, 0) is 13.1 Å². The molecule has 98 valence electrons. The van der Waals surface area contributed by atoms with Crippen LogP contribution in [-0.4, -0.2) is 22.6 Å². The predicted molar refractivity (Wildman–Crippen MR) is 72.9 cm³/mol. The highest BCUT2D eigenvalue weighted by Gasteiger charge is 2.25. The molecule has 0 aromatic carbocycles. The molecule has 0 radical (unpaired) electrons. The van der Waals surface area contributed by atoms with Crippen molar-refractivity contribution in [2.24, 2.45) is 0 Å². The van der Waals surface area contributed by atoms with Gasteiger partial charge in [0.1, 0.15) is 5.82 Å². The summed E-state index contributed by atoms with van der Waals surface area (Å²) in [5.74, 6) is 1.06. The summed E-state index contributed by atoms with van der Waals surface area (Å²) >= 11 is 6.06. The number of anilines is 1. The predicted octanol–water partition coefficient (Wildman–Crippen LogP) is 2.50. The van der Waals surface area contributed by atoms with Gasteiger partial charge in [-0.05, 0) is 31.4 Å². The molecule has 0 saturated carbocycles. The van der Waals surface area contributed by atoms with Gasteiger partial charge >= 0.3 is 0 Å². The Hall–Kier alpha value is -0.870. The average Bonchev–Trinajstić information content (AvgIpc) is 2.70. The molecular weight excluding hydrogens is 248 g/mol. The van der Waals surface area contributed by atoms with Crippen molar-refractivity contribution < 1.29 is 0 Å². The Labute approximate surface area is 113 Å². The van der Waals surface area contributed by atoms with Crippen LogP contribution < -0.4 is 10.2 Å². The number of aromatic nitrogens is 2. The van der Waals surface area contributed by atoms with Gasteiger partial charge in [0.15, 0.2) is 0 Å². The summed E-state index contributed by atoms with van der Waals surface area (Å²) in [5, 5.41) is 3.72. The standard InChI is InChI=1S/C13H19ClN4/c1-9-5-3-2-4-6-18(9)12-10-7-15-8-11(10)16-13(14)17-12/h9,15H,2-8H2,1H3. The molecule has 0 aliphatic carbocycles. The normalized spacial score (nSPS) is 23.9. The van der Waals surface area contributed by atoms with E-state index in [1.54, 1.807) is 0 Å². The van der Waals surface area contributed by atoms with Crippen LogP contribution >= 0.6 is 11.6 Å². The van der Waals surface area contributed by atoms with Crippen molar-refractivity contribution in [2.75, 3.05) is 11.4 Å². The number of nitrogens with one attached hydrogen (secondary N) is 1. The first-order valence-electron chi connectivity index (χ1n) is 6.78. The summed E-state index contributed by atoms with van der Waals surface area (Å²) < 4.78 is 0. The molecule has 1 aromatic heterocycles. The quantitative estimate of drug-likeness (QED) is 0.793. The van der Waals surface area contributed by atoms with Gasteiger partial charge in [-0.15, -0.1) is 0 Å². The molecule has 1 atom stereocenters. The van der Waals surface area contributed by atoms with Gasteiger partial charge in [0.2, 0.25) is 5.28 Å². The van der Waals surface area contributed by atoms with Gasteiger partial charge in [0.25, 0.3) is 0 Å². The Balaban J connectivity index is 1.99. The van der Waals surface area contributed by atoms with Crippen LogP contribution in [0.25, 0.3) is 0 Å². The maximum Gasteiger partial charge on any atom is 0.224 e. The van der Waals surface area contributed by atoms with Gasteiger partial charge in [-0.25, -0.2) is 9.97 Å². The molecule has 4 nitrogen and oxygen atoms in total. The van der Waals surface area contributed by atoms with Gasteiger partial charge in [0.05, 0.1) is 5.69 Å². The fraction of sp³-hybridized carbons (Fsp3) is 0.692. The second kappa shape index (κ2) is 5.02. The topological polar surface area (TPSA) is 41.1 Å². The highest BCUT2D eigenvalue weighted by Crippen LogP contribution is 2.30. The lowest BCUT2D eigenvalue weighted by atomic mass is 10.1. The van der Waals surface area contributed by atoms with Crippen molar-refractivity contribution in [3.05, 3.63) is 16.5 Å². The summed E-state index contributed by atoms with van der Waals surface area (Å²) in [6.07, 6.45) is 5.12. The van der Waals surface area contributed by atoms with E-state index in [-0.39, 0.29) is 0 Å². The Morgan fingerprint density at radius 2 is 2.11 bits per heavy atom. The Morgan fingerprint density at radius 3 is 3.00 bits per heavy atom. The second-order valence-electron chi connectivity index (χ2n) is 5.24. The first kappa shape index (κ1) is 12.2. The van der Waals surface area contributed by atoms with Gasteiger partial charge in [-0.1, -0.05) is 12.8 Å². The molecule has 0 spiro atoms. The van der Waals surface area contributed by atoms with E-state index < -0.39 is 0 Å². The highest BCUT2D eigenvalue weighted by atomic mass is 35.5. The fourth-order valence-corrected chi connectivity index (χ4v) is 3.13. The van der Waals surface area contributed by atoms with Crippen LogP contribution in [0.3, 0.4) is 0 Å². The second-order valence-corrected chi connectivity index (χ2v) is 5.57. The first-order chi connectivity index (χ1) is 8.75. The summed E-state index contributed by atoms with van der Waals surface area (Å²) in [6, 6.07) is 0.545. The summed E-state index contributed by atoms with van der Waals surface area (Å²) in [7, 11) is 0. The minimum absolute atomic E-state index is 0.379. The zero-order valence-corrected chi connectivity index (χ0v) is 11.5. The Morgan fingerprint density at radius 1 is 1.22 bits per heavy atom. The van der Waals surface area contributed by atoms with Gasteiger partial charge in [-0.3, -0.25) is 0 Å². The maximum atomic E-state index is 6.06. The Bertz CT molecular complexity index is 449. The zero-order valence-electron chi connectivity index (χ0n) is 10.7. The first-order valence-corrected chi connectivity index (χ1v) is 7.16. The van der Waals surface area contributed by atoms with E-state index in [2.05, 4.69) is 27.1 Å². The van der Waals surface area contributed by atoms with Crippen molar-refractivity contribution in [3.8, 4) is 0 Å². The molecule has 0 bridgehead atoms. The van der Waals surface area contributed by atoms with Crippen molar-refractivity contribution in [1.29, 1.82) is 0 Å². The van der Waals surface area contributed by atoms with Gasteiger partial charge in [-0.2, -0.15) is 0 Å². The molecule has 1 N–H and O–H groups in total. The van der Waals surface area contributed by atoms with E-state index in [1.165, 1.54) is 31.2 Å². The molecule has 2 aliphatic rings. The molecule has 1 saturated heterocycles. The molecular formula is C13H19ClN4. The molecule has 3 heterocycles. The SMILES string of the molecule is CC1CCCCCN1c1nc(Cl)nc2c1CNC2. The van der Waals surface area contributed by atoms with Crippen LogP contribution in [0.15, 0.2) is 0 Å². The van der Waals surface area contributed by atoms with Crippen molar-refractivity contribution in [2.45, 2.75) is 51.7 Å². The number of fused-ring (bicyclic) bond motifs is 1. The van der Waals surface area contributed by atoms with Crippen LogP contribution in [0.4, 0.5) is 5.82 Å². The third-order valence-electron chi connectivity index (χ3n) is 3.96. The number of rotatable bonds is 1. The molecule has 3 rings (SSSR count). The number of nitrogens with zero attached hydrogens (tertiary/aromatic N) is 3. The molecule has 1 aromatic rings. The van der Waals surface area contributed by atoms with Crippen molar-refractivity contribution in [1.82, 2.24) is 15.3 Å². The average molecular weight is 267 g/mol. The fourth-order valence-electron chi connectivity index (χ4n) is 2.95. The third-order valence-corrected chi connectivity index (χ3v) is 4.13. The molecule has 1 fully saturated rings. The lowest BCUT2D eigenvalue weighted by Gasteiger charge is -2.29. The molecule has 0 amide bonds. The summed E-state index contributed by atoms with van der Waals surface area (Å²) in [4.78, 5) is 11.2. The van der Waals surface area contributed by atoms with Gasteiger partial charge < -0.3 is 10.2 Å². The highest BCUT2D eigenvalue weighted by molar-refractivity contribution is 6.28. The number of hydrogen-bond acceptors (Lipinski definition) is 4. The Kier molecular flexibility index (Phi) is 3.39. The van der Waals surface area contributed by atoms with Crippen LogP contribution in [0, 0.1) is 0 Å². The molecule has 2 aliphatic heterocycles. The van der Waals surface area contributed by atoms with E-state index in [1.807, 2.05) is 0 Å². The van der Waals surface area contributed by atoms with Crippen LogP contribution in [0.5, 0.6) is 0 Å². The minimum Gasteiger partial charge on any atom is -0.353 e. The van der Waals surface area contributed by atoms with Crippen molar-refractivity contribution in [3.63, 3.8) is 0 Å². The summed E-state index contributed by atoms with van der Waals surface area (Å²) in [5.41, 5.74) is 2.31. The minimum atomic E-state index is 0.379. The monoisotopic (exact) mass is 266 g/mol. The number of halogens is 1. The lowest BCUT2D eigenvalue weighted by molar-refractivity contribution is 0.608. The maximum absolute atomic E-state index is 6.06. The molecule has 18 heavy (non-hydrogen) atoms. The van der Waals surface area contributed by atoms with Gasteiger partial charge in [0, 0.05) is 31.2 Å². The smallest absolute Gasteiger partial charge is 0.224 e. The van der Waals surface area contributed by atoms with Crippen LogP contribution in [0.2, 0.25) is 5.28 Å². The number of hydrogen-bond donors (Lipinski definition) is 1. The van der Waals surface area contributed by atoms with Crippen LogP contribution in [0.1, 0.15) is 43.9 Å². The summed E-state index contributed by atoms with van der Waals surface area (Å²) in [6.45, 7) is 5.05. The van der Waals surface area contributed by atoms with Crippen molar-refractivity contribution >= 4 is 17.4 Å². The lowest BCUT2D eigenvalue weighted by Crippen LogP contribution is -2.34. The van der Waals surface area contributed by atoms with E-state index in [0.29, 0.717) is 11.3 Å². The zero-order chi connectivity index (χ0) is 12.5. The molecule has 5 heteroatoms. The van der Waals surface area contributed by atoms with E-state index in [4.69, 9.17) is 11.6 Å². The van der Waals surface area contributed by atoms with E-state index >= 15 is 0 Å². The molecule has 1 unspecified atom stereocenters. The largest absolute Gasteiger partial charge is 0.353 e. The van der Waals surface area contributed by atoms with E-state index in [0.717, 1.165) is 31.1 Å². The van der Waals surface area contributed by atoms with E-state index in [9.17, 15) is 0 Å².